The summed E-state index contributed by atoms with van der Waals surface area (Å²) in [6.07, 6.45) is 4.91. The quantitative estimate of drug-likeness (QED) is 0.588. The first kappa shape index (κ1) is 21.9. The molecule has 0 spiro atoms. The molecule has 3 aromatic heterocycles. The predicted octanol–water partition coefficient (Wildman–Crippen LogP) is 2.39. The van der Waals surface area contributed by atoms with Crippen molar-refractivity contribution in [1.82, 2.24) is 15.0 Å². The van der Waals surface area contributed by atoms with Crippen molar-refractivity contribution in [3.63, 3.8) is 0 Å². The van der Waals surface area contributed by atoms with E-state index in [2.05, 4.69) is 15.0 Å². The summed E-state index contributed by atoms with van der Waals surface area (Å²) in [5.41, 5.74) is 7.25. The van der Waals surface area contributed by atoms with E-state index in [1.807, 2.05) is 11.8 Å². The maximum atomic E-state index is 14.3. The van der Waals surface area contributed by atoms with Crippen LogP contribution in [0.3, 0.4) is 0 Å². The first-order chi connectivity index (χ1) is 15.3. The third-order valence-corrected chi connectivity index (χ3v) is 5.69. The zero-order valence-corrected chi connectivity index (χ0v) is 17.4. The van der Waals surface area contributed by atoms with Crippen molar-refractivity contribution in [2.24, 2.45) is 11.7 Å². The van der Waals surface area contributed by atoms with Gasteiger partial charge in [-0.2, -0.15) is 0 Å². The van der Waals surface area contributed by atoms with Crippen molar-refractivity contribution in [3.8, 4) is 11.3 Å². The zero-order valence-electron chi connectivity index (χ0n) is 17.4. The average Bonchev–Trinajstić information content (AvgIpc) is 2.78. The molecule has 1 fully saturated rings. The second kappa shape index (κ2) is 9.05. The maximum Gasteiger partial charge on any atom is 0.185 e. The van der Waals surface area contributed by atoms with E-state index in [-0.39, 0.29) is 35.1 Å². The van der Waals surface area contributed by atoms with Gasteiger partial charge in [-0.1, -0.05) is 6.92 Å². The summed E-state index contributed by atoms with van der Waals surface area (Å²) in [7, 11) is 0. The van der Waals surface area contributed by atoms with Crippen LogP contribution < -0.4 is 10.6 Å². The highest BCUT2D eigenvalue weighted by molar-refractivity contribution is 5.97. The number of Topliss-reactive ketones (excluding diaryl/α,β-unsaturated/α-hetero) is 1. The van der Waals surface area contributed by atoms with E-state index >= 15 is 0 Å². The van der Waals surface area contributed by atoms with Gasteiger partial charge in [-0.15, -0.1) is 0 Å². The molecule has 3 atom stereocenters. The predicted molar refractivity (Wildman–Crippen MR) is 115 cm³/mol. The Balaban J connectivity index is 1.61. The van der Waals surface area contributed by atoms with Gasteiger partial charge in [-0.05, 0) is 24.3 Å². The molecule has 1 saturated heterocycles. The number of rotatable bonds is 5. The van der Waals surface area contributed by atoms with E-state index in [0.29, 0.717) is 18.7 Å². The molecular formula is C23H23F2N5O2. The first-order valence-electron chi connectivity index (χ1n) is 10.3. The van der Waals surface area contributed by atoms with Crippen LogP contribution >= 0.6 is 0 Å². The number of piperidine rings is 1. The van der Waals surface area contributed by atoms with Crippen molar-refractivity contribution in [1.29, 1.82) is 0 Å². The van der Waals surface area contributed by atoms with Gasteiger partial charge in [-0.3, -0.25) is 14.8 Å². The third-order valence-electron chi connectivity index (χ3n) is 5.69. The fourth-order valence-electron chi connectivity index (χ4n) is 3.99. The molecule has 32 heavy (non-hydrogen) atoms. The van der Waals surface area contributed by atoms with E-state index in [9.17, 15) is 18.7 Å². The number of nitrogens with two attached hydrogens (primary N) is 1. The number of aromatic nitrogens is 3. The summed E-state index contributed by atoms with van der Waals surface area (Å²) in [4.78, 5) is 26.9. The zero-order chi connectivity index (χ0) is 22.8. The minimum Gasteiger partial charge on any atom is -0.391 e. The molecule has 0 aromatic carbocycles. The average molecular weight is 439 g/mol. The lowest BCUT2D eigenvalue weighted by Gasteiger charge is -2.40. The molecule has 0 radical (unpaired) electrons. The second-order valence-electron chi connectivity index (χ2n) is 8.02. The van der Waals surface area contributed by atoms with Gasteiger partial charge >= 0.3 is 0 Å². The van der Waals surface area contributed by atoms with Crippen LogP contribution in [-0.4, -0.2) is 51.1 Å². The molecule has 3 aromatic rings. The van der Waals surface area contributed by atoms with Crippen molar-refractivity contribution in [3.05, 3.63) is 71.9 Å². The van der Waals surface area contributed by atoms with Gasteiger partial charge in [0.25, 0.3) is 0 Å². The van der Waals surface area contributed by atoms with Crippen LogP contribution in [0.25, 0.3) is 11.3 Å². The Bertz CT molecular complexity index is 1130. The summed E-state index contributed by atoms with van der Waals surface area (Å²) in [6.45, 7) is 2.95. The van der Waals surface area contributed by atoms with Crippen LogP contribution in [0.4, 0.5) is 14.5 Å². The molecule has 1 aliphatic rings. The number of anilines is 1. The maximum absolute atomic E-state index is 14.3. The SMILES string of the molecule is C[C@H]1CN(c2ccncc2CC(=O)c2ccc(F)c(-c3ccncc3F)n2)C[C@@H](N)[C@@H]1O. The number of ketones is 1. The number of carbonyl (C=O) groups is 1. The second-order valence-corrected chi connectivity index (χ2v) is 8.02. The fourth-order valence-corrected chi connectivity index (χ4v) is 3.99. The molecule has 0 amide bonds. The number of hydrogen-bond acceptors (Lipinski definition) is 7. The summed E-state index contributed by atoms with van der Waals surface area (Å²) < 4.78 is 28.4. The van der Waals surface area contributed by atoms with Crippen molar-refractivity contribution >= 4 is 11.5 Å². The van der Waals surface area contributed by atoms with E-state index in [0.717, 1.165) is 18.0 Å². The Labute approximate surface area is 184 Å². The number of carbonyl (C=O) groups excluding carboxylic acids is 1. The Morgan fingerprint density at radius 1 is 1.12 bits per heavy atom. The highest BCUT2D eigenvalue weighted by Gasteiger charge is 2.32. The molecular weight excluding hydrogens is 416 g/mol. The highest BCUT2D eigenvalue weighted by Crippen LogP contribution is 2.28. The Morgan fingerprint density at radius 2 is 1.88 bits per heavy atom. The number of aliphatic hydroxyl groups is 1. The van der Waals surface area contributed by atoms with E-state index in [1.165, 1.54) is 18.3 Å². The summed E-state index contributed by atoms with van der Waals surface area (Å²) in [5.74, 6) is -1.85. The van der Waals surface area contributed by atoms with Crippen molar-refractivity contribution in [2.45, 2.75) is 25.5 Å². The lowest BCUT2D eigenvalue weighted by Crippen LogP contribution is -2.55. The number of pyridine rings is 3. The van der Waals surface area contributed by atoms with Crippen LogP contribution in [0.5, 0.6) is 0 Å². The molecule has 0 unspecified atom stereocenters. The molecule has 9 heteroatoms. The fraction of sp³-hybridized carbons (Fsp3) is 0.304. The third kappa shape index (κ3) is 4.35. The first-order valence-corrected chi connectivity index (χ1v) is 10.3. The lowest BCUT2D eigenvalue weighted by atomic mass is 9.92. The minimum absolute atomic E-state index is 0.0200. The summed E-state index contributed by atoms with van der Waals surface area (Å²) in [6, 6.07) is 5.09. The number of hydrogen-bond donors (Lipinski definition) is 2. The topological polar surface area (TPSA) is 105 Å². The Morgan fingerprint density at radius 3 is 2.62 bits per heavy atom. The molecule has 1 aliphatic heterocycles. The molecule has 7 nitrogen and oxygen atoms in total. The largest absolute Gasteiger partial charge is 0.391 e. The normalized spacial score (nSPS) is 20.9. The smallest absolute Gasteiger partial charge is 0.185 e. The Kier molecular flexibility index (Phi) is 6.20. The van der Waals surface area contributed by atoms with E-state index in [1.54, 1.807) is 18.5 Å². The minimum atomic E-state index is -0.733. The Hall–Kier alpha value is -3.30. The summed E-state index contributed by atoms with van der Waals surface area (Å²) >= 11 is 0. The van der Waals surface area contributed by atoms with E-state index < -0.39 is 23.8 Å². The highest BCUT2D eigenvalue weighted by atomic mass is 19.1. The van der Waals surface area contributed by atoms with Gasteiger partial charge in [-0.25, -0.2) is 13.8 Å². The van der Waals surface area contributed by atoms with E-state index in [4.69, 9.17) is 5.73 Å². The molecule has 3 N–H and O–H groups in total. The number of halogens is 2. The molecule has 166 valence electrons. The molecule has 0 aliphatic carbocycles. The number of aliphatic hydroxyl groups excluding tert-OH is 1. The van der Waals surface area contributed by atoms with Gasteiger partial charge in [0.1, 0.15) is 17.2 Å². The van der Waals surface area contributed by atoms with Crippen LogP contribution in [0, 0.1) is 17.6 Å². The van der Waals surface area contributed by atoms with Crippen LogP contribution in [0.1, 0.15) is 23.0 Å². The van der Waals surface area contributed by atoms with Gasteiger partial charge in [0, 0.05) is 66.9 Å². The van der Waals surface area contributed by atoms with Crippen LogP contribution in [0.15, 0.2) is 49.1 Å². The molecule has 4 rings (SSSR count). The standard InChI is InChI=1S/C23H23F2N5O2/c1-13-11-30(12-18(26)23(13)32)20-5-7-27-9-14(20)8-21(31)19-3-2-16(24)22(29-19)15-4-6-28-10-17(15)25/h2-7,9-10,13,18,23,32H,8,11-12,26H2,1H3/t13-,18+,23+/m0/s1. The summed E-state index contributed by atoms with van der Waals surface area (Å²) in [5, 5.41) is 10.1. The molecule has 0 bridgehead atoms. The van der Waals surface area contributed by atoms with Gasteiger partial charge in [0.05, 0.1) is 12.3 Å². The van der Waals surface area contributed by atoms with Gasteiger partial charge in [0.2, 0.25) is 0 Å². The van der Waals surface area contributed by atoms with Gasteiger partial charge in [0.15, 0.2) is 11.6 Å². The van der Waals surface area contributed by atoms with Crippen LogP contribution in [-0.2, 0) is 6.42 Å². The van der Waals surface area contributed by atoms with Crippen LogP contribution in [0.2, 0.25) is 0 Å². The molecule has 0 saturated carbocycles. The molecule has 4 heterocycles. The lowest BCUT2D eigenvalue weighted by molar-refractivity contribution is 0.0784. The monoisotopic (exact) mass is 439 g/mol. The number of nitrogens with zero attached hydrogens (tertiary/aromatic N) is 4. The van der Waals surface area contributed by atoms with Gasteiger partial charge < -0.3 is 15.7 Å². The van der Waals surface area contributed by atoms with Crippen molar-refractivity contribution < 1.29 is 18.7 Å². The van der Waals surface area contributed by atoms with Crippen molar-refractivity contribution in [2.75, 3.05) is 18.0 Å².